The first kappa shape index (κ1) is 14.9. The van der Waals surface area contributed by atoms with Gasteiger partial charge in [0.1, 0.15) is 5.82 Å². The summed E-state index contributed by atoms with van der Waals surface area (Å²) in [5.41, 5.74) is 7.63. The van der Waals surface area contributed by atoms with Gasteiger partial charge in [-0.15, -0.1) is 0 Å². The molecule has 0 unspecified atom stereocenters. The average molecular weight is 284 g/mol. The minimum absolute atomic E-state index is 0.122. The molecular formula is C14H22F2N4. The number of alkyl halides is 2. The molecule has 0 radical (unpaired) electrons. The lowest BCUT2D eigenvalue weighted by molar-refractivity contribution is -0.0221. The molecule has 0 saturated carbocycles. The fourth-order valence-corrected chi connectivity index (χ4v) is 2.56. The molecule has 2 rings (SSSR count). The van der Waals surface area contributed by atoms with E-state index in [2.05, 4.69) is 16.9 Å². The molecule has 0 bridgehead atoms. The molecule has 0 spiro atoms. The number of unbranched alkanes of at least 4 members (excludes halogenated alkanes) is 1. The SMILES string of the molecule is CCCCc1c(C)nc(N)nc1N1CCC(F)(F)CC1. The molecule has 6 heteroatoms. The summed E-state index contributed by atoms with van der Waals surface area (Å²) in [6.45, 7) is 4.67. The number of piperidine rings is 1. The van der Waals surface area contributed by atoms with Gasteiger partial charge in [0.2, 0.25) is 5.95 Å². The van der Waals surface area contributed by atoms with Crippen LogP contribution < -0.4 is 10.6 Å². The van der Waals surface area contributed by atoms with Crippen molar-refractivity contribution in [2.75, 3.05) is 23.7 Å². The fourth-order valence-electron chi connectivity index (χ4n) is 2.56. The molecule has 20 heavy (non-hydrogen) atoms. The van der Waals surface area contributed by atoms with Crippen molar-refractivity contribution in [2.24, 2.45) is 0 Å². The van der Waals surface area contributed by atoms with Gasteiger partial charge in [-0.2, -0.15) is 4.98 Å². The summed E-state index contributed by atoms with van der Waals surface area (Å²) in [4.78, 5) is 10.4. The van der Waals surface area contributed by atoms with Gasteiger partial charge in [-0.25, -0.2) is 13.8 Å². The summed E-state index contributed by atoms with van der Waals surface area (Å²) in [5, 5.41) is 0. The number of hydrogen-bond acceptors (Lipinski definition) is 4. The number of nitrogens with two attached hydrogens (primary N) is 1. The van der Waals surface area contributed by atoms with E-state index < -0.39 is 5.92 Å². The lowest BCUT2D eigenvalue weighted by Crippen LogP contribution is -2.40. The maximum Gasteiger partial charge on any atom is 0.251 e. The predicted molar refractivity (Wildman–Crippen MR) is 76.2 cm³/mol. The Labute approximate surface area is 118 Å². The molecule has 2 N–H and O–H groups in total. The molecule has 1 aromatic rings. The Balaban J connectivity index is 2.25. The quantitative estimate of drug-likeness (QED) is 0.923. The number of anilines is 2. The lowest BCUT2D eigenvalue weighted by Gasteiger charge is -2.34. The van der Waals surface area contributed by atoms with Crippen LogP contribution in [0.5, 0.6) is 0 Å². The Morgan fingerprint density at radius 1 is 1.25 bits per heavy atom. The third-order valence-electron chi connectivity index (χ3n) is 3.78. The number of halogens is 2. The van der Waals surface area contributed by atoms with Gasteiger partial charge >= 0.3 is 0 Å². The van der Waals surface area contributed by atoms with Gasteiger partial charge < -0.3 is 10.6 Å². The number of nitrogen functional groups attached to an aromatic ring is 1. The largest absolute Gasteiger partial charge is 0.368 e. The van der Waals surface area contributed by atoms with Crippen molar-refractivity contribution in [2.45, 2.75) is 51.9 Å². The molecule has 0 aromatic carbocycles. The molecule has 4 nitrogen and oxygen atoms in total. The third-order valence-corrected chi connectivity index (χ3v) is 3.78. The van der Waals surface area contributed by atoms with Crippen molar-refractivity contribution in [1.29, 1.82) is 0 Å². The number of rotatable bonds is 4. The van der Waals surface area contributed by atoms with Crippen LogP contribution in [0, 0.1) is 6.92 Å². The van der Waals surface area contributed by atoms with Gasteiger partial charge in [0.25, 0.3) is 5.92 Å². The second-order valence-corrected chi connectivity index (χ2v) is 5.42. The fraction of sp³-hybridized carbons (Fsp3) is 0.714. The first-order valence-corrected chi connectivity index (χ1v) is 7.18. The highest BCUT2D eigenvalue weighted by molar-refractivity contribution is 5.52. The number of aromatic nitrogens is 2. The van der Waals surface area contributed by atoms with Crippen LogP contribution >= 0.6 is 0 Å². The average Bonchev–Trinajstić information content (AvgIpc) is 2.37. The van der Waals surface area contributed by atoms with Gasteiger partial charge in [-0.1, -0.05) is 13.3 Å². The van der Waals surface area contributed by atoms with Crippen LogP contribution in [0.15, 0.2) is 0 Å². The Bertz CT molecular complexity index is 466. The van der Waals surface area contributed by atoms with Gasteiger partial charge in [0.05, 0.1) is 0 Å². The Morgan fingerprint density at radius 2 is 1.90 bits per heavy atom. The maximum atomic E-state index is 13.3. The van der Waals surface area contributed by atoms with Gasteiger partial charge in [0, 0.05) is 37.2 Å². The third kappa shape index (κ3) is 3.35. The van der Waals surface area contributed by atoms with Crippen molar-refractivity contribution in [1.82, 2.24) is 9.97 Å². The van der Waals surface area contributed by atoms with Gasteiger partial charge in [-0.3, -0.25) is 0 Å². The molecule has 1 aliphatic heterocycles. The normalized spacial score (nSPS) is 18.3. The van der Waals surface area contributed by atoms with Gasteiger partial charge in [-0.05, 0) is 19.8 Å². The first-order valence-electron chi connectivity index (χ1n) is 7.18. The monoisotopic (exact) mass is 284 g/mol. The Kier molecular flexibility index (Phi) is 4.40. The number of aryl methyl sites for hydroxylation is 1. The molecule has 1 aromatic heterocycles. The highest BCUT2D eigenvalue weighted by Crippen LogP contribution is 2.32. The smallest absolute Gasteiger partial charge is 0.251 e. The second kappa shape index (κ2) is 5.89. The highest BCUT2D eigenvalue weighted by Gasteiger charge is 2.35. The maximum absolute atomic E-state index is 13.3. The molecule has 0 aliphatic carbocycles. The molecule has 0 atom stereocenters. The second-order valence-electron chi connectivity index (χ2n) is 5.42. The summed E-state index contributed by atoms with van der Waals surface area (Å²) in [6.07, 6.45) is 2.73. The Morgan fingerprint density at radius 3 is 2.50 bits per heavy atom. The van der Waals surface area contributed by atoms with Crippen molar-refractivity contribution in [3.63, 3.8) is 0 Å². The molecule has 1 fully saturated rings. The van der Waals surface area contributed by atoms with E-state index in [9.17, 15) is 8.78 Å². The van der Waals surface area contributed by atoms with E-state index in [-0.39, 0.29) is 18.8 Å². The van der Waals surface area contributed by atoms with Crippen LogP contribution in [0.3, 0.4) is 0 Å². The van der Waals surface area contributed by atoms with E-state index in [1.54, 1.807) is 0 Å². The summed E-state index contributed by atoms with van der Waals surface area (Å²) in [6, 6.07) is 0. The summed E-state index contributed by atoms with van der Waals surface area (Å²) >= 11 is 0. The van der Waals surface area contributed by atoms with Crippen LogP contribution in [0.2, 0.25) is 0 Å². The zero-order chi connectivity index (χ0) is 14.8. The first-order chi connectivity index (χ1) is 9.43. The summed E-state index contributed by atoms with van der Waals surface area (Å²) in [5.74, 6) is -1.58. The predicted octanol–water partition coefficient (Wildman–Crippen LogP) is 2.95. The Hall–Kier alpha value is -1.46. The minimum atomic E-state index is -2.55. The van der Waals surface area contributed by atoms with Crippen molar-refractivity contribution in [3.05, 3.63) is 11.3 Å². The molecule has 1 aliphatic rings. The molecule has 0 amide bonds. The van der Waals surface area contributed by atoms with Gasteiger partial charge in [0.15, 0.2) is 0 Å². The van der Waals surface area contributed by atoms with Crippen molar-refractivity contribution < 1.29 is 8.78 Å². The lowest BCUT2D eigenvalue weighted by atomic mass is 10.0. The van der Waals surface area contributed by atoms with E-state index in [1.165, 1.54) is 0 Å². The van der Waals surface area contributed by atoms with Crippen LogP contribution in [0.1, 0.15) is 43.9 Å². The molecule has 1 saturated heterocycles. The number of hydrogen-bond donors (Lipinski definition) is 1. The molecule has 112 valence electrons. The zero-order valence-corrected chi connectivity index (χ0v) is 12.1. The molecular weight excluding hydrogens is 262 g/mol. The van der Waals surface area contributed by atoms with Crippen LogP contribution in [0.4, 0.5) is 20.5 Å². The van der Waals surface area contributed by atoms with E-state index >= 15 is 0 Å². The van der Waals surface area contributed by atoms with E-state index in [1.807, 2.05) is 11.8 Å². The topological polar surface area (TPSA) is 55.0 Å². The van der Waals surface area contributed by atoms with Crippen LogP contribution in [-0.2, 0) is 6.42 Å². The van der Waals surface area contributed by atoms with Crippen molar-refractivity contribution in [3.8, 4) is 0 Å². The van der Waals surface area contributed by atoms with Crippen LogP contribution in [-0.4, -0.2) is 29.0 Å². The van der Waals surface area contributed by atoms with Crippen molar-refractivity contribution >= 4 is 11.8 Å². The summed E-state index contributed by atoms with van der Waals surface area (Å²) in [7, 11) is 0. The van der Waals surface area contributed by atoms with Crippen LogP contribution in [0.25, 0.3) is 0 Å². The standard InChI is InChI=1S/C14H22F2N4/c1-3-4-5-11-10(2)18-13(17)19-12(11)20-8-6-14(15,16)7-9-20/h3-9H2,1-2H3,(H2,17,18,19). The highest BCUT2D eigenvalue weighted by atomic mass is 19.3. The summed E-state index contributed by atoms with van der Waals surface area (Å²) < 4.78 is 26.5. The van der Waals surface area contributed by atoms with E-state index in [0.29, 0.717) is 13.1 Å². The number of nitrogens with zero attached hydrogens (tertiary/aromatic N) is 3. The van der Waals surface area contributed by atoms with E-state index in [0.717, 1.165) is 36.3 Å². The van der Waals surface area contributed by atoms with E-state index in [4.69, 9.17) is 5.73 Å². The molecule has 2 heterocycles. The zero-order valence-electron chi connectivity index (χ0n) is 12.1. The minimum Gasteiger partial charge on any atom is -0.368 e.